The number of hydrogen-bond donors (Lipinski definition) is 0. The van der Waals surface area contributed by atoms with Crippen molar-refractivity contribution in [2.45, 2.75) is 19.9 Å². The number of halogens is 1. The van der Waals surface area contributed by atoms with E-state index in [1.165, 1.54) is 5.69 Å². The summed E-state index contributed by atoms with van der Waals surface area (Å²) in [6.07, 6.45) is 0. The Kier molecular flexibility index (Phi) is 2.99. The maximum absolute atomic E-state index is 5.78. The molecule has 0 N–H and O–H groups in total. The lowest BCUT2D eigenvalue weighted by atomic mass is 10.2. The van der Waals surface area contributed by atoms with E-state index in [9.17, 15) is 0 Å². The summed E-state index contributed by atoms with van der Waals surface area (Å²) in [5.41, 5.74) is 1.20. The van der Waals surface area contributed by atoms with E-state index in [4.69, 9.17) is 11.6 Å². The van der Waals surface area contributed by atoms with Gasteiger partial charge >= 0.3 is 0 Å². The van der Waals surface area contributed by atoms with Gasteiger partial charge < -0.3 is 4.90 Å². The maximum Gasteiger partial charge on any atom is 0.0407 e. The molecule has 0 aliphatic rings. The van der Waals surface area contributed by atoms with Crippen molar-refractivity contribution in [3.63, 3.8) is 0 Å². The summed E-state index contributed by atoms with van der Waals surface area (Å²) in [5, 5.41) is 0.788. The van der Waals surface area contributed by atoms with Crippen molar-refractivity contribution in [1.82, 2.24) is 0 Å². The highest BCUT2D eigenvalue weighted by Crippen LogP contribution is 2.17. The smallest absolute Gasteiger partial charge is 0.0407 e. The Bertz CT molecular complexity index is 241. The van der Waals surface area contributed by atoms with Gasteiger partial charge in [0.1, 0.15) is 0 Å². The summed E-state index contributed by atoms with van der Waals surface area (Å²) in [4.78, 5) is 2.20. The van der Waals surface area contributed by atoms with Gasteiger partial charge in [-0.2, -0.15) is 0 Å². The van der Waals surface area contributed by atoms with E-state index < -0.39 is 0 Å². The largest absolute Gasteiger partial charge is 0.372 e. The molecule has 0 atom stereocenters. The summed E-state index contributed by atoms with van der Waals surface area (Å²) < 4.78 is 0. The van der Waals surface area contributed by atoms with E-state index >= 15 is 0 Å². The van der Waals surface area contributed by atoms with Gasteiger partial charge in [-0.05, 0) is 38.1 Å². The lowest BCUT2D eigenvalue weighted by Crippen LogP contribution is -2.25. The average molecular weight is 184 g/mol. The fourth-order valence-corrected chi connectivity index (χ4v) is 1.10. The molecule has 12 heavy (non-hydrogen) atoms. The number of anilines is 1. The third-order valence-electron chi connectivity index (χ3n) is 2.01. The molecule has 0 radical (unpaired) electrons. The predicted molar refractivity (Wildman–Crippen MR) is 55.0 cm³/mol. The van der Waals surface area contributed by atoms with E-state index in [-0.39, 0.29) is 0 Å². The SMILES string of the molecule is CC(C)N(C)c1ccc(Cl)cc1. The lowest BCUT2D eigenvalue weighted by molar-refractivity contribution is 0.755. The Morgan fingerprint density at radius 1 is 1.17 bits per heavy atom. The van der Waals surface area contributed by atoms with Gasteiger partial charge in [-0.1, -0.05) is 11.6 Å². The van der Waals surface area contributed by atoms with Gasteiger partial charge in [0.2, 0.25) is 0 Å². The molecule has 0 saturated heterocycles. The zero-order chi connectivity index (χ0) is 9.14. The molecular weight excluding hydrogens is 170 g/mol. The van der Waals surface area contributed by atoms with Crippen LogP contribution in [-0.4, -0.2) is 13.1 Å². The zero-order valence-corrected chi connectivity index (χ0v) is 8.47. The Hall–Kier alpha value is -0.690. The van der Waals surface area contributed by atoms with Crippen LogP contribution in [0.15, 0.2) is 24.3 Å². The molecule has 0 saturated carbocycles. The highest BCUT2D eigenvalue weighted by atomic mass is 35.5. The molecule has 0 fully saturated rings. The Labute approximate surface area is 79.0 Å². The summed E-state index contributed by atoms with van der Waals surface area (Å²) in [6.45, 7) is 4.32. The molecule has 1 aromatic carbocycles. The second kappa shape index (κ2) is 3.81. The van der Waals surface area contributed by atoms with Crippen LogP contribution in [0.25, 0.3) is 0 Å². The van der Waals surface area contributed by atoms with Crippen molar-refractivity contribution in [3.8, 4) is 0 Å². The molecule has 1 nitrogen and oxygen atoms in total. The second-order valence-electron chi connectivity index (χ2n) is 3.18. The quantitative estimate of drug-likeness (QED) is 0.681. The molecule has 66 valence electrons. The molecule has 1 rings (SSSR count). The van der Waals surface area contributed by atoms with Crippen LogP contribution in [0.5, 0.6) is 0 Å². The minimum Gasteiger partial charge on any atom is -0.372 e. The lowest BCUT2D eigenvalue weighted by Gasteiger charge is -2.23. The molecule has 0 unspecified atom stereocenters. The van der Waals surface area contributed by atoms with Gasteiger partial charge in [0.05, 0.1) is 0 Å². The van der Waals surface area contributed by atoms with Crippen LogP contribution in [0, 0.1) is 0 Å². The van der Waals surface area contributed by atoms with Crippen molar-refractivity contribution in [3.05, 3.63) is 29.3 Å². The van der Waals surface area contributed by atoms with Crippen LogP contribution in [0.1, 0.15) is 13.8 Å². The predicted octanol–water partition coefficient (Wildman–Crippen LogP) is 3.18. The van der Waals surface area contributed by atoms with Crippen molar-refractivity contribution in [2.75, 3.05) is 11.9 Å². The molecule has 1 aromatic rings. The minimum absolute atomic E-state index is 0.520. The summed E-state index contributed by atoms with van der Waals surface area (Å²) >= 11 is 5.78. The van der Waals surface area contributed by atoms with E-state index in [0.29, 0.717) is 6.04 Å². The normalized spacial score (nSPS) is 10.4. The highest BCUT2D eigenvalue weighted by molar-refractivity contribution is 6.30. The molecule has 0 spiro atoms. The van der Waals surface area contributed by atoms with Crippen LogP contribution < -0.4 is 4.90 Å². The molecule has 0 bridgehead atoms. The monoisotopic (exact) mass is 183 g/mol. The molecule has 0 amide bonds. The van der Waals surface area contributed by atoms with Crippen LogP contribution >= 0.6 is 11.6 Å². The maximum atomic E-state index is 5.78. The van der Waals surface area contributed by atoms with Gasteiger partial charge in [-0.25, -0.2) is 0 Å². The molecule has 0 aliphatic heterocycles. The Morgan fingerprint density at radius 3 is 2.08 bits per heavy atom. The first-order valence-corrected chi connectivity index (χ1v) is 4.47. The van der Waals surface area contributed by atoms with Gasteiger partial charge in [0.25, 0.3) is 0 Å². The van der Waals surface area contributed by atoms with Crippen LogP contribution in [0.2, 0.25) is 5.02 Å². The number of benzene rings is 1. The topological polar surface area (TPSA) is 3.24 Å². The van der Waals surface area contributed by atoms with E-state index in [0.717, 1.165) is 5.02 Å². The van der Waals surface area contributed by atoms with Crippen molar-refractivity contribution in [1.29, 1.82) is 0 Å². The van der Waals surface area contributed by atoms with E-state index in [2.05, 4.69) is 25.8 Å². The van der Waals surface area contributed by atoms with Crippen LogP contribution in [0.3, 0.4) is 0 Å². The van der Waals surface area contributed by atoms with Crippen molar-refractivity contribution < 1.29 is 0 Å². The fourth-order valence-electron chi connectivity index (χ4n) is 0.974. The minimum atomic E-state index is 0.520. The molecule has 0 aliphatic carbocycles. The third kappa shape index (κ3) is 2.15. The number of hydrogen-bond acceptors (Lipinski definition) is 1. The summed E-state index contributed by atoms with van der Waals surface area (Å²) in [6, 6.07) is 8.40. The summed E-state index contributed by atoms with van der Waals surface area (Å²) in [5.74, 6) is 0. The fraction of sp³-hybridized carbons (Fsp3) is 0.400. The number of nitrogens with zero attached hydrogens (tertiary/aromatic N) is 1. The first kappa shape index (κ1) is 9.40. The molecule has 2 heteroatoms. The number of rotatable bonds is 2. The van der Waals surface area contributed by atoms with E-state index in [1.807, 2.05) is 24.3 Å². The van der Waals surface area contributed by atoms with Crippen LogP contribution in [-0.2, 0) is 0 Å². The molecular formula is C10H14ClN. The first-order valence-electron chi connectivity index (χ1n) is 4.09. The average Bonchev–Trinajstić information content (AvgIpc) is 2.04. The van der Waals surface area contributed by atoms with Crippen molar-refractivity contribution >= 4 is 17.3 Å². The highest BCUT2D eigenvalue weighted by Gasteiger charge is 2.03. The Balaban J connectivity index is 2.82. The first-order chi connectivity index (χ1) is 5.61. The standard InChI is InChI=1S/C10H14ClN/c1-8(2)12(3)10-6-4-9(11)5-7-10/h4-8H,1-3H3. The van der Waals surface area contributed by atoms with Gasteiger partial charge in [-0.15, -0.1) is 0 Å². The third-order valence-corrected chi connectivity index (χ3v) is 2.26. The summed E-state index contributed by atoms with van der Waals surface area (Å²) in [7, 11) is 2.08. The zero-order valence-electron chi connectivity index (χ0n) is 7.71. The Morgan fingerprint density at radius 2 is 1.67 bits per heavy atom. The molecule has 0 aromatic heterocycles. The second-order valence-corrected chi connectivity index (χ2v) is 3.62. The van der Waals surface area contributed by atoms with Gasteiger partial charge in [-0.3, -0.25) is 0 Å². The van der Waals surface area contributed by atoms with Gasteiger partial charge in [0.15, 0.2) is 0 Å². The molecule has 0 heterocycles. The van der Waals surface area contributed by atoms with Gasteiger partial charge in [0, 0.05) is 23.8 Å². The van der Waals surface area contributed by atoms with E-state index in [1.54, 1.807) is 0 Å². The van der Waals surface area contributed by atoms with Crippen molar-refractivity contribution in [2.24, 2.45) is 0 Å². The van der Waals surface area contributed by atoms with Crippen LogP contribution in [0.4, 0.5) is 5.69 Å².